The van der Waals surface area contributed by atoms with Gasteiger partial charge in [0.05, 0.1) is 0 Å². The highest BCUT2D eigenvalue weighted by molar-refractivity contribution is 6.00. The van der Waals surface area contributed by atoms with Crippen LogP contribution in [0, 0.1) is 5.92 Å². The van der Waals surface area contributed by atoms with Crippen molar-refractivity contribution in [3.63, 3.8) is 0 Å². The van der Waals surface area contributed by atoms with Gasteiger partial charge in [-0.3, -0.25) is 9.69 Å². The van der Waals surface area contributed by atoms with Gasteiger partial charge in [-0.05, 0) is 42.9 Å². The monoisotopic (exact) mass is 378 g/mol. The minimum atomic E-state index is 0.140. The molecule has 0 saturated carbocycles. The van der Waals surface area contributed by atoms with E-state index in [4.69, 9.17) is 0 Å². The summed E-state index contributed by atoms with van der Waals surface area (Å²) in [5, 5.41) is 0. The highest BCUT2D eigenvalue weighted by Gasteiger charge is 2.26. The molecule has 0 unspecified atom stereocenters. The Morgan fingerprint density at radius 1 is 1.00 bits per heavy atom. The first kappa shape index (κ1) is 21.9. The topological polar surface area (TPSA) is 23.6 Å². The van der Waals surface area contributed by atoms with Crippen LogP contribution in [0.2, 0.25) is 0 Å². The summed E-state index contributed by atoms with van der Waals surface area (Å²) in [7, 11) is 0. The van der Waals surface area contributed by atoms with Gasteiger partial charge in [-0.25, -0.2) is 0 Å². The van der Waals surface area contributed by atoms with E-state index in [1.54, 1.807) is 0 Å². The van der Waals surface area contributed by atoms with Crippen molar-refractivity contribution in [1.29, 1.82) is 0 Å². The summed E-state index contributed by atoms with van der Waals surface area (Å²) in [5.74, 6) is 0.535. The van der Waals surface area contributed by atoms with Crippen LogP contribution >= 0.6 is 0 Å². The highest BCUT2D eigenvalue weighted by atomic mass is 16.2. The second-order valence-corrected chi connectivity index (χ2v) is 7.62. The molecule has 0 atom stereocenters. The molecule has 0 N–H and O–H groups in total. The van der Waals surface area contributed by atoms with Crippen molar-refractivity contribution in [1.82, 2.24) is 9.80 Å². The number of rotatable bonds is 6. The molecule has 2 aliphatic heterocycles. The van der Waals surface area contributed by atoms with Gasteiger partial charge in [-0.1, -0.05) is 68.7 Å². The molecule has 1 amide bonds. The maximum absolute atomic E-state index is 12.7. The van der Waals surface area contributed by atoms with E-state index in [0.29, 0.717) is 12.5 Å². The van der Waals surface area contributed by atoms with Gasteiger partial charge in [-0.2, -0.15) is 0 Å². The molecular formula is C25H34N2O. The molecule has 0 fully saturated rings. The van der Waals surface area contributed by atoms with Gasteiger partial charge in [0.2, 0.25) is 0 Å². The van der Waals surface area contributed by atoms with Crippen molar-refractivity contribution in [2.45, 2.75) is 27.2 Å². The lowest BCUT2D eigenvalue weighted by Gasteiger charge is -2.25. The molecular weight excluding hydrogens is 344 g/mol. The van der Waals surface area contributed by atoms with Crippen molar-refractivity contribution < 1.29 is 4.79 Å². The fourth-order valence-electron chi connectivity index (χ4n) is 3.56. The molecule has 2 heterocycles. The van der Waals surface area contributed by atoms with Crippen molar-refractivity contribution in [3.05, 3.63) is 84.1 Å². The Kier molecular flexibility index (Phi) is 8.46. The van der Waals surface area contributed by atoms with E-state index < -0.39 is 0 Å². The van der Waals surface area contributed by atoms with Gasteiger partial charge in [0.25, 0.3) is 5.91 Å². The fourth-order valence-corrected chi connectivity index (χ4v) is 3.56. The molecule has 28 heavy (non-hydrogen) atoms. The Bertz CT molecular complexity index is 721. The molecule has 3 heteroatoms. The minimum absolute atomic E-state index is 0.140. The SMILES string of the molecule is C=C1/C=C\C(C)/C=C\C(=C)CN(CCCN2CC(/C=C\C)=C(/C=C\C)C2=O)C1. The average molecular weight is 379 g/mol. The van der Waals surface area contributed by atoms with Crippen LogP contribution in [-0.4, -0.2) is 48.4 Å². The first-order valence-corrected chi connectivity index (χ1v) is 10.2. The molecule has 0 aromatic carbocycles. The number of hydrogen-bond donors (Lipinski definition) is 0. The van der Waals surface area contributed by atoms with E-state index in [-0.39, 0.29) is 5.91 Å². The predicted octanol–water partition coefficient (Wildman–Crippen LogP) is 4.84. The van der Waals surface area contributed by atoms with Crippen LogP contribution in [0.1, 0.15) is 27.2 Å². The third kappa shape index (κ3) is 6.35. The minimum Gasteiger partial charge on any atom is -0.334 e. The average Bonchev–Trinajstić information content (AvgIpc) is 2.94. The van der Waals surface area contributed by atoms with E-state index in [1.165, 1.54) is 0 Å². The summed E-state index contributed by atoms with van der Waals surface area (Å²) in [6.45, 7) is 18.5. The van der Waals surface area contributed by atoms with Gasteiger partial charge in [0, 0.05) is 38.3 Å². The summed E-state index contributed by atoms with van der Waals surface area (Å²) in [6, 6.07) is 0. The number of amides is 1. The maximum Gasteiger partial charge on any atom is 0.254 e. The first-order valence-electron chi connectivity index (χ1n) is 10.2. The fraction of sp³-hybridized carbons (Fsp3) is 0.400. The Hall–Kier alpha value is -2.39. The third-order valence-electron chi connectivity index (χ3n) is 4.95. The summed E-state index contributed by atoms with van der Waals surface area (Å²) in [5.41, 5.74) is 4.15. The number of carbonyl (C=O) groups excluding carboxylic acids is 1. The second kappa shape index (κ2) is 10.8. The number of hydrogen-bond acceptors (Lipinski definition) is 2. The van der Waals surface area contributed by atoms with Crippen LogP contribution in [0.3, 0.4) is 0 Å². The maximum atomic E-state index is 12.7. The van der Waals surface area contributed by atoms with Gasteiger partial charge >= 0.3 is 0 Å². The zero-order valence-electron chi connectivity index (χ0n) is 17.7. The van der Waals surface area contributed by atoms with Crippen LogP contribution in [0.25, 0.3) is 0 Å². The van der Waals surface area contributed by atoms with E-state index in [0.717, 1.165) is 54.9 Å². The molecule has 0 aliphatic carbocycles. The molecule has 2 aliphatic rings. The molecule has 0 saturated heterocycles. The molecule has 0 bridgehead atoms. The van der Waals surface area contributed by atoms with Crippen LogP contribution in [0.5, 0.6) is 0 Å². The molecule has 150 valence electrons. The molecule has 2 rings (SSSR count). The standard InChI is InChI=1S/C25H34N2O/c1-6-9-23-19-27(25(28)24(23)10-7-2)16-8-15-26-17-21(4)13-11-20(3)12-14-22(5)18-26/h6-7,9-14,20H,4-5,8,15-19H2,1-3H3/b9-6-,10-7-,13-11-,14-12-. The highest BCUT2D eigenvalue weighted by Crippen LogP contribution is 2.22. The number of carbonyl (C=O) groups is 1. The van der Waals surface area contributed by atoms with Gasteiger partial charge in [0.1, 0.15) is 0 Å². The summed E-state index contributed by atoms with van der Waals surface area (Å²) >= 11 is 0. The first-order chi connectivity index (χ1) is 13.4. The van der Waals surface area contributed by atoms with E-state index in [2.05, 4.69) is 49.3 Å². The quantitative estimate of drug-likeness (QED) is 0.660. The summed E-state index contributed by atoms with van der Waals surface area (Å²) in [6.07, 6.45) is 17.4. The van der Waals surface area contributed by atoms with Gasteiger partial charge in [-0.15, -0.1) is 0 Å². The van der Waals surface area contributed by atoms with Crippen molar-refractivity contribution in [2.75, 3.05) is 32.7 Å². The zero-order valence-corrected chi connectivity index (χ0v) is 17.7. The van der Waals surface area contributed by atoms with Crippen LogP contribution < -0.4 is 0 Å². The van der Waals surface area contributed by atoms with Gasteiger partial charge in [0.15, 0.2) is 0 Å². The van der Waals surface area contributed by atoms with Crippen molar-refractivity contribution in [2.24, 2.45) is 5.92 Å². The van der Waals surface area contributed by atoms with Crippen molar-refractivity contribution in [3.8, 4) is 0 Å². The lowest BCUT2D eigenvalue weighted by Crippen LogP contribution is -2.33. The van der Waals surface area contributed by atoms with Crippen molar-refractivity contribution >= 4 is 5.91 Å². The second-order valence-electron chi connectivity index (χ2n) is 7.62. The Morgan fingerprint density at radius 2 is 1.61 bits per heavy atom. The Morgan fingerprint density at radius 3 is 2.18 bits per heavy atom. The van der Waals surface area contributed by atoms with E-state index >= 15 is 0 Å². The third-order valence-corrected chi connectivity index (χ3v) is 4.95. The van der Waals surface area contributed by atoms with E-state index in [1.807, 2.05) is 43.1 Å². The molecule has 0 spiro atoms. The van der Waals surface area contributed by atoms with Crippen LogP contribution in [0.15, 0.2) is 84.1 Å². The largest absolute Gasteiger partial charge is 0.334 e. The summed E-state index contributed by atoms with van der Waals surface area (Å²) in [4.78, 5) is 17.0. The lowest BCUT2D eigenvalue weighted by molar-refractivity contribution is -0.125. The number of nitrogens with zero attached hydrogens (tertiary/aromatic N) is 2. The smallest absolute Gasteiger partial charge is 0.254 e. The normalized spacial score (nSPS) is 22.8. The van der Waals surface area contributed by atoms with Gasteiger partial charge < -0.3 is 4.90 Å². The molecule has 0 aromatic rings. The van der Waals surface area contributed by atoms with Crippen LogP contribution in [0.4, 0.5) is 0 Å². The zero-order chi connectivity index (χ0) is 20.5. The predicted molar refractivity (Wildman–Crippen MR) is 120 cm³/mol. The lowest BCUT2D eigenvalue weighted by atomic mass is 10.1. The molecule has 0 aromatic heterocycles. The van der Waals surface area contributed by atoms with E-state index in [9.17, 15) is 4.79 Å². The molecule has 0 radical (unpaired) electrons. The number of allylic oxidation sites excluding steroid dienone is 4. The van der Waals surface area contributed by atoms with Crippen LogP contribution in [-0.2, 0) is 4.79 Å². The Labute approximate surface area is 170 Å². The summed E-state index contributed by atoms with van der Waals surface area (Å²) < 4.78 is 0. The Balaban J connectivity index is 1.94. The molecule has 3 nitrogen and oxygen atoms in total.